The number of ketones is 1. The van der Waals surface area contributed by atoms with Gasteiger partial charge in [0.15, 0.2) is 5.78 Å². The van der Waals surface area contributed by atoms with Crippen LogP contribution in [-0.2, 0) is 19.1 Å². The molecule has 0 aliphatic carbocycles. The number of carbonyl (C=O) groups is 4. The van der Waals surface area contributed by atoms with Crippen molar-refractivity contribution in [2.45, 2.75) is 172 Å². The van der Waals surface area contributed by atoms with Gasteiger partial charge in [0, 0.05) is 29.3 Å². The molecule has 0 aromatic heterocycles. The van der Waals surface area contributed by atoms with Gasteiger partial charge in [-0.15, -0.1) is 0 Å². The number of carbonyl (C=O) groups excluding carboxylic acids is 4. The summed E-state index contributed by atoms with van der Waals surface area (Å²) in [5.74, 6) is 0.666. The maximum absolute atomic E-state index is 13.2. The standard InChI is InChI=1S/C28H54N4O6.C7H16N2.C4H10S/c1-10-12-13-14-29-25(35)24(19(5)6)32-26(36)28(8,9)16-22(33)21(15-18(3)4)30-17-23(34)20(7)31-27(37)38-11-2;1-6(2)8-9-7(3,4)5;1-3-4-5-2/h18-22,24,30,33H,10-17H2,1-9H3,(H,29,35)(H,31,37)(H,32,36);9H,1-5H3;3-4H2,1-2H3/t20?,21-,22-,24-;;/m0../s1. The van der Waals surface area contributed by atoms with E-state index in [9.17, 15) is 24.3 Å². The molecule has 0 saturated carbocycles. The number of ether oxygens (including phenoxy) is 1. The van der Waals surface area contributed by atoms with Crippen LogP contribution < -0.4 is 26.7 Å². The molecule has 3 amide bonds. The second-order valence-corrected chi connectivity index (χ2v) is 16.9. The van der Waals surface area contributed by atoms with Gasteiger partial charge in [0.25, 0.3) is 0 Å². The lowest BCUT2D eigenvalue weighted by Crippen LogP contribution is -2.54. The topological polar surface area (TPSA) is 170 Å². The Morgan fingerprint density at radius 2 is 1.48 bits per heavy atom. The van der Waals surface area contributed by atoms with Crippen molar-refractivity contribution in [1.29, 1.82) is 0 Å². The van der Waals surface area contributed by atoms with E-state index in [1.807, 2.05) is 53.3 Å². The first-order chi connectivity index (χ1) is 24.0. The van der Waals surface area contributed by atoms with E-state index in [0.29, 0.717) is 13.0 Å². The Morgan fingerprint density at radius 1 is 0.885 bits per heavy atom. The van der Waals surface area contributed by atoms with Crippen LogP contribution in [-0.4, -0.2) is 96.0 Å². The van der Waals surface area contributed by atoms with Crippen molar-refractivity contribution in [3.05, 3.63) is 0 Å². The minimum absolute atomic E-state index is 0.0533. The lowest BCUT2D eigenvalue weighted by atomic mass is 9.81. The normalized spacial score (nSPS) is 13.6. The molecule has 0 aromatic rings. The fourth-order valence-corrected chi connectivity index (χ4v) is 4.92. The molecule has 0 spiro atoms. The number of aliphatic hydroxyl groups excluding tert-OH is 1. The summed E-state index contributed by atoms with van der Waals surface area (Å²) in [6.45, 7) is 29.7. The van der Waals surface area contributed by atoms with Gasteiger partial charge in [-0.1, -0.05) is 68.2 Å². The molecular formula is C39H80N6O6S. The molecule has 0 aliphatic heterocycles. The highest BCUT2D eigenvalue weighted by molar-refractivity contribution is 7.98. The molecule has 4 atom stereocenters. The molecule has 52 heavy (non-hydrogen) atoms. The van der Waals surface area contributed by atoms with Crippen molar-refractivity contribution >= 4 is 41.2 Å². The Labute approximate surface area is 322 Å². The van der Waals surface area contributed by atoms with Gasteiger partial charge in [0.05, 0.1) is 25.3 Å². The molecule has 0 heterocycles. The van der Waals surface area contributed by atoms with Gasteiger partial charge >= 0.3 is 6.09 Å². The lowest BCUT2D eigenvalue weighted by Gasteiger charge is -2.33. The van der Waals surface area contributed by atoms with E-state index in [4.69, 9.17) is 4.74 Å². The number of hydrazone groups is 1. The molecule has 6 N–H and O–H groups in total. The van der Waals surface area contributed by atoms with Crippen molar-refractivity contribution in [1.82, 2.24) is 26.7 Å². The predicted octanol–water partition coefficient (Wildman–Crippen LogP) is 6.45. The Bertz CT molecular complexity index is 1010. The van der Waals surface area contributed by atoms with E-state index in [1.165, 1.54) is 12.2 Å². The van der Waals surface area contributed by atoms with Crippen LogP contribution in [0.3, 0.4) is 0 Å². The van der Waals surface area contributed by atoms with Crippen molar-refractivity contribution in [2.24, 2.45) is 22.4 Å². The van der Waals surface area contributed by atoms with Crippen molar-refractivity contribution in [3.63, 3.8) is 0 Å². The third-order valence-corrected chi connectivity index (χ3v) is 8.31. The number of amides is 3. The molecule has 1 unspecified atom stereocenters. The minimum Gasteiger partial charge on any atom is -0.450 e. The maximum atomic E-state index is 13.2. The third-order valence-electron chi connectivity index (χ3n) is 7.49. The summed E-state index contributed by atoms with van der Waals surface area (Å²) in [5.41, 5.74) is 3.20. The lowest BCUT2D eigenvalue weighted by molar-refractivity contribution is -0.136. The second-order valence-electron chi connectivity index (χ2n) is 15.9. The zero-order valence-corrected chi connectivity index (χ0v) is 36.7. The van der Waals surface area contributed by atoms with E-state index in [-0.39, 0.29) is 54.5 Å². The summed E-state index contributed by atoms with van der Waals surface area (Å²) in [7, 11) is 0. The Hall–Kier alpha value is -2.38. The monoisotopic (exact) mass is 761 g/mol. The SMILES string of the molecule is CC(C)=NNC(C)(C)C.CCCCCNC(=O)[C@@H](NC(=O)C(C)(C)C[C@H](O)[C@H](CC(C)C)NCC(=O)C(C)NC(=O)OCC)C(C)C.CCCSC. The number of Topliss-reactive ketones (excluding diaryl/α,β-unsaturated/α-hetero) is 1. The number of hydrogen-bond donors (Lipinski definition) is 6. The van der Waals surface area contributed by atoms with Gasteiger partial charge in [0.2, 0.25) is 11.8 Å². The molecule has 0 fully saturated rings. The number of hydrogen-bond acceptors (Lipinski definition) is 10. The highest BCUT2D eigenvalue weighted by atomic mass is 32.2. The van der Waals surface area contributed by atoms with Crippen LogP contribution in [0.1, 0.15) is 142 Å². The molecule has 0 aromatic carbocycles. The number of alkyl carbamates (subject to hydrolysis) is 1. The molecule has 0 bridgehead atoms. The van der Waals surface area contributed by atoms with Crippen LogP contribution >= 0.6 is 11.8 Å². The molecular weight excluding hydrogens is 681 g/mol. The van der Waals surface area contributed by atoms with E-state index < -0.39 is 35.7 Å². The Kier molecular flexibility index (Phi) is 31.1. The Balaban J connectivity index is -0.00000143. The predicted molar refractivity (Wildman–Crippen MR) is 220 cm³/mol. The van der Waals surface area contributed by atoms with E-state index in [0.717, 1.165) is 25.0 Å². The Morgan fingerprint density at radius 3 is 1.88 bits per heavy atom. The number of unbranched alkanes of at least 4 members (excludes halogenated alkanes) is 2. The summed E-state index contributed by atoms with van der Waals surface area (Å²) < 4.78 is 4.82. The third kappa shape index (κ3) is 30.1. The summed E-state index contributed by atoms with van der Waals surface area (Å²) in [6.07, 6.45) is 5.56. The average Bonchev–Trinajstić information content (AvgIpc) is 3.02. The smallest absolute Gasteiger partial charge is 0.407 e. The van der Waals surface area contributed by atoms with Crippen LogP contribution in [0.25, 0.3) is 0 Å². The highest BCUT2D eigenvalue weighted by Crippen LogP contribution is 2.26. The fraction of sp³-hybridized carbons (Fsp3) is 0.872. The summed E-state index contributed by atoms with van der Waals surface area (Å²) >= 11 is 1.90. The van der Waals surface area contributed by atoms with Crippen molar-refractivity contribution in [2.75, 3.05) is 31.7 Å². The van der Waals surface area contributed by atoms with Crippen molar-refractivity contribution < 1.29 is 29.0 Å². The zero-order chi connectivity index (χ0) is 41.1. The highest BCUT2D eigenvalue weighted by Gasteiger charge is 2.36. The van der Waals surface area contributed by atoms with Crippen LogP contribution in [0.4, 0.5) is 4.79 Å². The molecule has 0 radical (unpaired) electrons. The van der Waals surface area contributed by atoms with Gasteiger partial charge in [-0.2, -0.15) is 16.9 Å². The minimum atomic E-state index is -0.964. The number of nitrogens with zero attached hydrogens (tertiary/aromatic N) is 1. The first-order valence-electron chi connectivity index (χ1n) is 19.2. The van der Waals surface area contributed by atoms with Gasteiger partial charge in [-0.05, 0) is 98.0 Å². The summed E-state index contributed by atoms with van der Waals surface area (Å²) in [6, 6.07) is -1.86. The van der Waals surface area contributed by atoms with E-state index in [1.54, 1.807) is 27.7 Å². The first kappa shape index (κ1) is 54.0. The maximum Gasteiger partial charge on any atom is 0.407 e. The largest absolute Gasteiger partial charge is 0.450 e. The molecule has 12 nitrogen and oxygen atoms in total. The summed E-state index contributed by atoms with van der Waals surface area (Å²) in [5, 5.41) is 26.6. The zero-order valence-electron chi connectivity index (χ0n) is 35.9. The number of rotatable bonds is 22. The molecule has 0 saturated heterocycles. The molecule has 0 aliphatic rings. The second kappa shape index (κ2) is 30.0. The average molecular weight is 761 g/mol. The van der Waals surface area contributed by atoms with Gasteiger partial charge in [0.1, 0.15) is 6.04 Å². The van der Waals surface area contributed by atoms with Gasteiger partial charge < -0.3 is 36.5 Å². The van der Waals surface area contributed by atoms with Gasteiger partial charge in [-0.25, -0.2) is 4.79 Å². The quantitative estimate of drug-likeness (QED) is 0.0413. The van der Waals surface area contributed by atoms with Gasteiger partial charge in [-0.3, -0.25) is 14.4 Å². The number of nitrogens with one attached hydrogen (secondary N) is 5. The van der Waals surface area contributed by atoms with Crippen molar-refractivity contribution in [3.8, 4) is 0 Å². The number of thioether (sulfide) groups is 1. The molecule has 13 heteroatoms. The van der Waals surface area contributed by atoms with Crippen LogP contribution in [0, 0.1) is 17.3 Å². The van der Waals surface area contributed by atoms with Crippen LogP contribution in [0.15, 0.2) is 5.10 Å². The van der Waals surface area contributed by atoms with Crippen LogP contribution in [0.5, 0.6) is 0 Å². The molecule has 308 valence electrons. The van der Waals surface area contributed by atoms with E-state index >= 15 is 0 Å². The van der Waals surface area contributed by atoms with E-state index in [2.05, 4.69) is 72.7 Å². The molecule has 0 rings (SSSR count). The summed E-state index contributed by atoms with van der Waals surface area (Å²) in [4.78, 5) is 50.1. The fourth-order valence-electron chi connectivity index (χ4n) is 4.51. The van der Waals surface area contributed by atoms with Crippen LogP contribution in [0.2, 0.25) is 0 Å². The first-order valence-corrected chi connectivity index (χ1v) is 20.6. The number of aliphatic hydroxyl groups is 1.